The van der Waals surface area contributed by atoms with E-state index in [1.54, 1.807) is 20.8 Å². The summed E-state index contributed by atoms with van der Waals surface area (Å²) in [5.41, 5.74) is 0.401. The minimum absolute atomic E-state index is 0.154. The number of anilines is 1. The Morgan fingerprint density at radius 3 is 2.54 bits per heavy atom. The molecule has 0 aliphatic heterocycles. The molecule has 0 saturated heterocycles. The van der Waals surface area contributed by atoms with Crippen molar-refractivity contribution < 1.29 is 24.5 Å². The van der Waals surface area contributed by atoms with Crippen LogP contribution in [0.4, 0.5) is 10.5 Å². The smallest absolute Gasteiger partial charge is 0.418 e. The molecular formula is C17H22N2O5. The molecule has 1 aromatic heterocycles. The van der Waals surface area contributed by atoms with Gasteiger partial charge in [-0.25, -0.2) is 4.79 Å². The fraction of sp³-hybridized carbons (Fsp3) is 0.353. The molecule has 0 aliphatic rings. The van der Waals surface area contributed by atoms with E-state index >= 15 is 0 Å². The van der Waals surface area contributed by atoms with E-state index in [1.165, 1.54) is 12.4 Å². The van der Waals surface area contributed by atoms with Crippen molar-refractivity contribution in [2.75, 3.05) is 5.32 Å². The third-order valence-corrected chi connectivity index (χ3v) is 2.94. The number of aliphatic hydroxyl groups excluding tert-OH is 1. The van der Waals surface area contributed by atoms with Crippen molar-refractivity contribution in [1.82, 2.24) is 4.57 Å². The first-order valence-corrected chi connectivity index (χ1v) is 7.49. The predicted molar refractivity (Wildman–Crippen MR) is 88.6 cm³/mol. The molecule has 7 nitrogen and oxygen atoms in total. The standard InChI is InChI=1S/C17H22N2O5/c1-17(2,3)24-16(22)19-9-13(14(20)10-19)18-15(21)23-11-12-7-5-4-6-8-12/h4-10,15,18,20-21H,11H2,1-3H3. The normalized spacial score (nSPS) is 12.7. The van der Waals surface area contributed by atoms with Crippen LogP contribution in [0.15, 0.2) is 42.7 Å². The van der Waals surface area contributed by atoms with Gasteiger partial charge in [0.25, 0.3) is 0 Å². The average molecular weight is 334 g/mol. The summed E-state index contributed by atoms with van der Waals surface area (Å²) in [5, 5.41) is 22.3. The highest BCUT2D eigenvalue weighted by molar-refractivity contribution is 5.74. The molecular weight excluding hydrogens is 312 g/mol. The van der Waals surface area contributed by atoms with Crippen molar-refractivity contribution in [3.63, 3.8) is 0 Å². The second kappa shape index (κ2) is 7.37. The molecule has 3 N–H and O–H groups in total. The highest BCUT2D eigenvalue weighted by Gasteiger charge is 2.20. The summed E-state index contributed by atoms with van der Waals surface area (Å²) in [6, 6.07) is 9.35. The zero-order valence-electron chi connectivity index (χ0n) is 13.9. The van der Waals surface area contributed by atoms with Gasteiger partial charge < -0.3 is 25.0 Å². The van der Waals surface area contributed by atoms with Crippen LogP contribution in [0.3, 0.4) is 0 Å². The van der Waals surface area contributed by atoms with E-state index in [0.717, 1.165) is 10.1 Å². The van der Waals surface area contributed by atoms with Crippen molar-refractivity contribution in [2.24, 2.45) is 0 Å². The predicted octanol–water partition coefficient (Wildman–Crippen LogP) is 2.88. The molecule has 24 heavy (non-hydrogen) atoms. The van der Waals surface area contributed by atoms with E-state index in [2.05, 4.69) is 5.32 Å². The molecule has 0 aliphatic carbocycles. The second-order valence-electron chi connectivity index (χ2n) is 6.24. The number of nitrogens with zero attached hydrogens (tertiary/aromatic N) is 1. The Balaban J connectivity index is 1.93. The Labute approximate surface area is 140 Å². The van der Waals surface area contributed by atoms with Gasteiger partial charge in [0.2, 0.25) is 6.41 Å². The fourth-order valence-electron chi connectivity index (χ4n) is 1.90. The molecule has 1 atom stereocenters. The van der Waals surface area contributed by atoms with Crippen LogP contribution >= 0.6 is 0 Å². The number of hydrogen-bond acceptors (Lipinski definition) is 6. The fourth-order valence-corrected chi connectivity index (χ4v) is 1.90. The molecule has 0 bridgehead atoms. The van der Waals surface area contributed by atoms with Crippen molar-refractivity contribution in [3.05, 3.63) is 48.3 Å². The third-order valence-electron chi connectivity index (χ3n) is 2.94. The number of benzene rings is 1. The second-order valence-corrected chi connectivity index (χ2v) is 6.24. The van der Waals surface area contributed by atoms with Gasteiger partial charge in [0, 0.05) is 6.20 Å². The zero-order chi connectivity index (χ0) is 17.7. The summed E-state index contributed by atoms with van der Waals surface area (Å²) < 4.78 is 11.5. The lowest BCUT2D eigenvalue weighted by atomic mass is 10.2. The molecule has 0 amide bonds. The Bertz CT molecular complexity index is 676. The highest BCUT2D eigenvalue weighted by Crippen LogP contribution is 2.25. The molecule has 7 heteroatoms. The Morgan fingerprint density at radius 2 is 1.92 bits per heavy atom. The van der Waals surface area contributed by atoms with Crippen LogP contribution in [0.1, 0.15) is 26.3 Å². The quantitative estimate of drug-likeness (QED) is 0.728. The Hall–Kier alpha value is -2.51. The summed E-state index contributed by atoms with van der Waals surface area (Å²) in [4.78, 5) is 11.9. The van der Waals surface area contributed by atoms with Gasteiger partial charge in [0.05, 0.1) is 18.5 Å². The van der Waals surface area contributed by atoms with Crippen molar-refractivity contribution in [1.29, 1.82) is 0 Å². The number of carbonyl (C=O) groups excluding carboxylic acids is 1. The van der Waals surface area contributed by atoms with Crippen molar-refractivity contribution in [3.8, 4) is 5.75 Å². The number of ether oxygens (including phenoxy) is 2. The largest absolute Gasteiger partial charge is 0.504 e. The van der Waals surface area contributed by atoms with Crippen LogP contribution in [-0.2, 0) is 16.1 Å². The van der Waals surface area contributed by atoms with Crippen molar-refractivity contribution in [2.45, 2.75) is 39.4 Å². The van der Waals surface area contributed by atoms with Crippen LogP contribution in [-0.4, -0.2) is 32.9 Å². The summed E-state index contributed by atoms with van der Waals surface area (Å²) in [5.74, 6) is -0.205. The van der Waals surface area contributed by atoms with E-state index < -0.39 is 18.1 Å². The van der Waals surface area contributed by atoms with Gasteiger partial charge in [-0.3, -0.25) is 4.57 Å². The topological polar surface area (TPSA) is 93.0 Å². The molecule has 2 aromatic rings. The molecule has 2 rings (SSSR count). The maximum absolute atomic E-state index is 11.9. The Morgan fingerprint density at radius 1 is 1.25 bits per heavy atom. The van der Waals surface area contributed by atoms with Gasteiger partial charge >= 0.3 is 6.09 Å². The van der Waals surface area contributed by atoms with E-state index in [-0.39, 0.29) is 18.0 Å². The number of nitrogens with one attached hydrogen (secondary N) is 1. The van der Waals surface area contributed by atoms with Gasteiger partial charge in [-0.1, -0.05) is 30.3 Å². The van der Waals surface area contributed by atoms with Gasteiger partial charge in [0.1, 0.15) is 5.60 Å². The molecule has 1 unspecified atom stereocenters. The molecule has 0 saturated carbocycles. The molecule has 0 radical (unpaired) electrons. The summed E-state index contributed by atoms with van der Waals surface area (Å²) >= 11 is 0. The van der Waals surface area contributed by atoms with Crippen LogP contribution in [0, 0.1) is 0 Å². The first-order chi connectivity index (χ1) is 11.2. The molecule has 130 valence electrons. The SMILES string of the molecule is CC(C)(C)OC(=O)n1cc(O)c(NC(O)OCc2ccccc2)c1. The van der Waals surface area contributed by atoms with E-state index in [1.807, 2.05) is 30.3 Å². The number of aromatic nitrogens is 1. The summed E-state index contributed by atoms with van der Waals surface area (Å²) in [6.45, 7) is 5.43. The monoisotopic (exact) mass is 334 g/mol. The van der Waals surface area contributed by atoms with E-state index in [0.29, 0.717) is 0 Å². The summed E-state index contributed by atoms with van der Waals surface area (Å²) in [6.07, 6.45) is 0.537. The first kappa shape index (κ1) is 17.8. The molecule has 0 spiro atoms. The maximum atomic E-state index is 11.9. The lowest BCUT2D eigenvalue weighted by molar-refractivity contribution is -0.0872. The van der Waals surface area contributed by atoms with Crippen LogP contribution in [0.2, 0.25) is 0 Å². The number of aliphatic hydroxyl groups is 1. The van der Waals surface area contributed by atoms with Crippen LogP contribution < -0.4 is 5.32 Å². The number of carbonyl (C=O) groups is 1. The van der Waals surface area contributed by atoms with Gasteiger partial charge in [0.15, 0.2) is 5.75 Å². The summed E-state index contributed by atoms with van der Waals surface area (Å²) in [7, 11) is 0. The first-order valence-electron chi connectivity index (χ1n) is 7.49. The minimum atomic E-state index is -1.34. The lowest BCUT2D eigenvalue weighted by Gasteiger charge is -2.19. The third kappa shape index (κ3) is 5.29. The molecule has 1 aromatic carbocycles. The van der Waals surface area contributed by atoms with Gasteiger partial charge in [-0.15, -0.1) is 0 Å². The van der Waals surface area contributed by atoms with E-state index in [4.69, 9.17) is 9.47 Å². The molecule has 0 fully saturated rings. The lowest BCUT2D eigenvalue weighted by Crippen LogP contribution is -2.26. The number of aromatic hydroxyl groups is 1. The number of rotatable bonds is 5. The van der Waals surface area contributed by atoms with E-state index in [9.17, 15) is 15.0 Å². The maximum Gasteiger partial charge on any atom is 0.418 e. The average Bonchev–Trinajstić information content (AvgIpc) is 2.86. The van der Waals surface area contributed by atoms with Gasteiger partial charge in [-0.05, 0) is 26.3 Å². The molecule has 1 heterocycles. The van der Waals surface area contributed by atoms with Gasteiger partial charge in [-0.2, -0.15) is 0 Å². The minimum Gasteiger partial charge on any atom is -0.504 e. The number of hydrogen-bond donors (Lipinski definition) is 3. The van der Waals surface area contributed by atoms with Crippen LogP contribution in [0.5, 0.6) is 5.75 Å². The van der Waals surface area contributed by atoms with Crippen molar-refractivity contribution >= 4 is 11.8 Å². The van der Waals surface area contributed by atoms with Crippen LogP contribution in [0.25, 0.3) is 0 Å². The zero-order valence-corrected chi connectivity index (χ0v) is 13.9. The highest BCUT2D eigenvalue weighted by atomic mass is 16.6. The Kier molecular flexibility index (Phi) is 5.48.